The van der Waals surface area contributed by atoms with Gasteiger partial charge >= 0.3 is 19.8 Å². The van der Waals surface area contributed by atoms with Gasteiger partial charge in [-0.1, -0.05) is 193 Å². The van der Waals surface area contributed by atoms with E-state index in [2.05, 4.69) is 24.4 Å². The molecule has 0 fully saturated rings. The number of ether oxygens (including phenoxy) is 2. The third-order valence-electron chi connectivity index (χ3n) is 9.30. The van der Waals surface area contributed by atoms with E-state index in [1.165, 1.54) is 148 Å². The van der Waals surface area contributed by atoms with Crippen molar-refractivity contribution in [2.75, 3.05) is 13.2 Å². The highest BCUT2D eigenvalue weighted by molar-refractivity contribution is 7.46. The van der Waals surface area contributed by atoms with E-state index in [0.29, 0.717) is 12.8 Å². The lowest BCUT2D eigenvalue weighted by Crippen LogP contribution is -2.29. The van der Waals surface area contributed by atoms with Gasteiger partial charge in [0.05, 0.1) is 6.61 Å². The van der Waals surface area contributed by atoms with Crippen LogP contribution in [0.5, 0.6) is 0 Å². The Kier molecular flexibility index (Phi) is 36.6. The summed E-state index contributed by atoms with van der Waals surface area (Å²) in [5.41, 5.74) is 0. The number of unbranched alkanes of at least 4 members (excludes halogenated alkanes) is 27. The summed E-state index contributed by atoms with van der Waals surface area (Å²) in [5, 5.41) is 0. The third-order valence-corrected chi connectivity index (χ3v) is 9.78. The van der Waals surface area contributed by atoms with E-state index < -0.39 is 32.5 Å². The second-order valence-corrected chi connectivity index (χ2v) is 15.6. The molecule has 0 bridgehead atoms. The molecule has 0 spiro atoms. The smallest absolute Gasteiger partial charge is 0.462 e. The number of carbonyl (C=O) groups is 2. The first-order valence-corrected chi connectivity index (χ1v) is 22.5. The largest absolute Gasteiger partial charge is 0.469 e. The van der Waals surface area contributed by atoms with E-state index in [9.17, 15) is 14.2 Å². The predicted octanol–water partition coefficient (Wildman–Crippen LogP) is 12.6. The van der Waals surface area contributed by atoms with Crippen molar-refractivity contribution in [2.24, 2.45) is 0 Å². The highest BCUT2D eigenvalue weighted by Crippen LogP contribution is 2.36. The lowest BCUT2D eigenvalue weighted by atomic mass is 10.0. The minimum atomic E-state index is -4.75. The van der Waals surface area contributed by atoms with Crippen LogP contribution in [0.4, 0.5) is 0 Å². The van der Waals surface area contributed by atoms with Gasteiger partial charge in [0, 0.05) is 12.8 Å². The summed E-state index contributed by atoms with van der Waals surface area (Å²) < 4.78 is 26.3. The van der Waals surface area contributed by atoms with Crippen LogP contribution in [0.15, 0.2) is 12.2 Å². The number of phosphoric acid groups is 1. The topological polar surface area (TPSA) is 119 Å². The van der Waals surface area contributed by atoms with E-state index in [1.807, 2.05) is 6.08 Å². The summed E-state index contributed by atoms with van der Waals surface area (Å²) in [7, 11) is -4.75. The van der Waals surface area contributed by atoms with Crippen LogP contribution in [0.1, 0.15) is 219 Å². The first-order chi connectivity index (χ1) is 24.3. The average molecular weight is 731 g/mol. The molecule has 0 aliphatic rings. The summed E-state index contributed by atoms with van der Waals surface area (Å²) in [4.78, 5) is 42.8. The Balaban J connectivity index is 3.91. The second kappa shape index (κ2) is 37.5. The lowest BCUT2D eigenvalue weighted by Gasteiger charge is -2.18. The molecule has 9 heteroatoms. The average Bonchev–Trinajstić information content (AvgIpc) is 3.08. The zero-order chi connectivity index (χ0) is 36.8. The van der Waals surface area contributed by atoms with Crippen LogP contribution in [0.3, 0.4) is 0 Å². The van der Waals surface area contributed by atoms with Gasteiger partial charge in [0.1, 0.15) is 6.61 Å². The van der Waals surface area contributed by atoms with E-state index in [1.54, 1.807) is 0 Å². The zero-order valence-corrected chi connectivity index (χ0v) is 33.5. The van der Waals surface area contributed by atoms with Crippen molar-refractivity contribution in [3.05, 3.63) is 12.2 Å². The normalized spacial score (nSPS) is 12.5. The van der Waals surface area contributed by atoms with Crippen LogP contribution in [-0.4, -0.2) is 41.0 Å². The van der Waals surface area contributed by atoms with Crippen molar-refractivity contribution in [2.45, 2.75) is 225 Å². The molecule has 0 aliphatic heterocycles. The van der Waals surface area contributed by atoms with Crippen LogP contribution in [0.25, 0.3) is 0 Å². The van der Waals surface area contributed by atoms with E-state index in [-0.39, 0.29) is 19.4 Å². The van der Waals surface area contributed by atoms with Crippen LogP contribution < -0.4 is 0 Å². The second-order valence-electron chi connectivity index (χ2n) is 14.3. The molecule has 0 radical (unpaired) electrons. The van der Waals surface area contributed by atoms with E-state index >= 15 is 0 Å². The fourth-order valence-electron chi connectivity index (χ4n) is 6.16. The molecule has 8 nitrogen and oxygen atoms in total. The van der Waals surface area contributed by atoms with E-state index in [4.69, 9.17) is 19.3 Å². The Bertz CT molecular complexity index is 827. The number of allylic oxidation sites excluding steroid dienone is 2. The summed E-state index contributed by atoms with van der Waals surface area (Å²) in [6.07, 6.45) is 40.9. The molecule has 296 valence electrons. The van der Waals surface area contributed by atoms with Gasteiger partial charge in [0.25, 0.3) is 0 Å². The fraction of sp³-hybridized carbons (Fsp3) is 0.902. The van der Waals surface area contributed by atoms with Gasteiger partial charge < -0.3 is 19.3 Å². The van der Waals surface area contributed by atoms with Crippen molar-refractivity contribution in [3.63, 3.8) is 0 Å². The number of hydrogen-bond donors (Lipinski definition) is 2. The molecule has 0 saturated heterocycles. The summed E-state index contributed by atoms with van der Waals surface area (Å²) in [6, 6.07) is 0. The van der Waals surface area contributed by atoms with Gasteiger partial charge in [-0.15, -0.1) is 0 Å². The van der Waals surface area contributed by atoms with Crippen molar-refractivity contribution >= 4 is 19.8 Å². The van der Waals surface area contributed by atoms with Crippen LogP contribution >= 0.6 is 7.82 Å². The van der Waals surface area contributed by atoms with Gasteiger partial charge in [-0.2, -0.15) is 0 Å². The van der Waals surface area contributed by atoms with Gasteiger partial charge in [-0.05, 0) is 25.7 Å². The lowest BCUT2D eigenvalue weighted by molar-refractivity contribution is -0.161. The van der Waals surface area contributed by atoms with Crippen LogP contribution in [-0.2, 0) is 28.2 Å². The number of phosphoric ester groups is 1. The minimum Gasteiger partial charge on any atom is -0.462 e. The molecule has 0 aromatic heterocycles. The zero-order valence-electron chi connectivity index (χ0n) is 32.6. The Morgan fingerprint density at radius 1 is 0.500 bits per heavy atom. The molecule has 0 aromatic rings. The van der Waals surface area contributed by atoms with Crippen molar-refractivity contribution < 1.29 is 37.9 Å². The molecule has 0 unspecified atom stereocenters. The maximum atomic E-state index is 12.4. The SMILES string of the molecule is CCCCCCCCCCCCC/C=C/CCC(=O)OC[C@H](COP(=O)(O)O)OC(=O)CCCCCCCCCCCCCCCCCCC. The number of hydrogen-bond acceptors (Lipinski definition) is 6. The maximum absolute atomic E-state index is 12.4. The van der Waals surface area contributed by atoms with Crippen molar-refractivity contribution in [3.8, 4) is 0 Å². The molecule has 1 atom stereocenters. The maximum Gasteiger partial charge on any atom is 0.469 e. The number of carbonyl (C=O) groups excluding carboxylic acids is 2. The van der Waals surface area contributed by atoms with Crippen LogP contribution in [0.2, 0.25) is 0 Å². The highest BCUT2D eigenvalue weighted by Gasteiger charge is 2.22. The molecular formula is C41H79O8P. The molecule has 0 rings (SSSR count). The minimum absolute atomic E-state index is 0.189. The quantitative estimate of drug-likeness (QED) is 0.0278. The molecule has 0 heterocycles. The summed E-state index contributed by atoms with van der Waals surface area (Å²) in [6.45, 7) is 3.68. The Morgan fingerprint density at radius 3 is 1.30 bits per heavy atom. The van der Waals surface area contributed by atoms with Gasteiger partial charge in [0.2, 0.25) is 0 Å². The standard InChI is InChI=1S/C41H79O8P/c1-3-5-7-9-11-13-15-17-19-20-22-24-26-28-30-32-34-36-41(43)49-39(38-48-50(44,45)46)37-47-40(42)35-33-31-29-27-25-23-21-18-16-14-12-10-8-6-4-2/h29,31,39H,3-28,30,32-38H2,1-2H3,(H2,44,45,46)/b31-29+/t39-/m1/s1. The molecule has 0 amide bonds. The van der Waals surface area contributed by atoms with Crippen molar-refractivity contribution in [1.29, 1.82) is 0 Å². The number of rotatable bonds is 39. The van der Waals surface area contributed by atoms with Gasteiger partial charge in [0.15, 0.2) is 6.10 Å². The molecule has 2 N–H and O–H groups in total. The molecule has 0 aliphatic carbocycles. The number of esters is 2. The van der Waals surface area contributed by atoms with E-state index in [0.717, 1.165) is 32.1 Å². The fourth-order valence-corrected chi connectivity index (χ4v) is 6.52. The molecule has 0 saturated carbocycles. The Hall–Kier alpha value is -1.21. The molecule has 0 aromatic carbocycles. The highest BCUT2D eigenvalue weighted by atomic mass is 31.2. The van der Waals surface area contributed by atoms with Crippen LogP contribution in [0, 0.1) is 0 Å². The van der Waals surface area contributed by atoms with Gasteiger partial charge in [-0.25, -0.2) is 4.57 Å². The molecular weight excluding hydrogens is 651 g/mol. The first-order valence-electron chi connectivity index (χ1n) is 21.0. The Morgan fingerprint density at radius 2 is 0.880 bits per heavy atom. The molecule has 50 heavy (non-hydrogen) atoms. The summed E-state index contributed by atoms with van der Waals surface area (Å²) >= 11 is 0. The van der Waals surface area contributed by atoms with Crippen molar-refractivity contribution in [1.82, 2.24) is 0 Å². The monoisotopic (exact) mass is 731 g/mol. The van der Waals surface area contributed by atoms with Gasteiger partial charge in [-0.3, -0.25) is 14.1 Å². The first kappa shape index (κ1) is 48.8. The predicted molar refractivity (Wildman–Crippen MR) is 207 cm³/mol. The Labute approximate surface area is 307 Å². The summed E-state index contributed by atoms with van der Waals surface area (Å²) in [5.74, 6) is -0.929. The third kappa shape index (κ3) is 39.6.